The van der Waals surface area contributed by atoms with Crippen LogP contribution in [-0.4, -0.2) is 25.2 Å². The van der Waals surface area contributed by atoms with Crippen molar-refractivity contribution in [2.24, 2.45) is 7.05 Å². The molecule has 0 N–H and O–H groups in total. The van der Waals surface area contributed by atoms with Gasteiger partial charge in [0.15, 0.2) is 11.2 Å². The van der Waals surface area contributed by atoms with E-state index in [1.165, 1.54) is 9.13 Å². The Balaban J connectivity index is 1.65. The van der Waals surface area contributed by atoms with Gasteiger partial charge in [0.2, 0.25) is 5.95 Å². The van der Waals surface area contributed by atoms with Gasteiger partial charge in [-0.15, -0.1) is 0 Å². The van der Waals surface area contributed by atoms with Gasteiger partial charge in [0.05, 0.1) is 0 Å². The first kappa shape index (κ1) is 20.6. The van der Waals surface area contributed by atoms with Crippen molar-refractivity contribution in [1.82, 2.24) is 18.7 Å². The van der Waals surface area contributed by atoms with E-state index in [0.717, 1.165) is 29.8 Å². The first-order valence-corrected chi connectivity index (χ1v) is 11.1. The molecule has 5 rings (SSSR count). The number of imidazole rings is 1. The molecule has 0 amide bonds. The fourth-order valence-corrected chi connectivity index (χ4v) is 4.63. The van der Waals surface area contributed by atoms with Gasteiger partial charge >= 0.3 is 5.69 Å². The third kappa shape index (κ3) is 3.24. The van der Waals surface area contributed by atoms with Gasteiger partial charge in [-0.3, -0.25) is 13.9 Å². The molecule has 0 atom stereocenters. The van der Waals surface area contributed by atoms with E-state index in [0.29, 0.717) is 41.6 Å². The van der Waals surface area contributed by atoms with Crippen LogP contribution >= 0.6 is 11.6 Å². The topological polar surface area (TPSA) is 65.1 Å². The first-order valence-electron chi connectivity index (χ1n) is 10.7. The van der Waals surface area contributed by atoms with Crippen molar-refractivity contribution >= 4 is 34.4 Å². The molecule has 0 saturated carbocycles. The van der Waals surface area contributed by atoms with Crippen LogP contribution in [0.15, 0.2) is 58.1 Å². The minimum absolute atomic E-state index is 0.289. The number of hydrogen-bond donors (Lipinski definition) is 0. The highest BCUT2D eigenvalue weighted by molar-refractivity contribution is 6.31. The molecule has 2 aromatic heterocycles. The largest absolute Gasteiger partial charge is 0.332 e. The van der Waals surface area contributed by atoms with E-state index in [2.05, 4.69) is 4.90 Å². The number of benzene rings is 2. The summed E-state index contributed by atoms with van der Waals surface area (Å²) in [4.78, 5) is 33.3. The molecule has 0 spiro atoms. The van der Waals surface area contributed by atoms with Crippen molar-refractivity contribution in [3.8, 4) is 0 Å². The molecule has 1 aliphatic rings. The van der Waals surface area contributed by atoms with Crippen LogP contribution in [0, 0.1) is 6.92 Å². The minimum Gasteiger partial charge on any atom is -0.312 e. The Morgan fingerprint density at radius 1 is 1.03 bits per heavy atom. The minimum atomic E-state index is -0.348. The van der Waals surface area contributed by atoms with Gasteiger partial charge in [-0.25, -0.2) is 4.79 Å². The van der Waals surface area contributed by atoms with Gasteiger partial charge in [0.25, 0.3) is 5.56 Å². The Morgan fingerprint density at radius 2 is 1.81 bits per heavy atom. The summed E-state index contributed by atoms with van der Waals surface area (Å²) >= 11 is 6.36. The van der Waals surface area contributed by atoms with Crippen LogP contribution in [0.5, 0.6) is 0 Å². The summed E-state index contributed by atoms with van der Waals surface area (Å²) in [5.41, 5.74) is 3.25. The highest BCUT2D eigenvalue weighted by Crippen LogP contribution is 2.35. The number of hydrogen-bond acceptors (Lipinski definition) is 4. The summed E-state index contributed by atoms with van der Waals surface area (Å²) < 4.78 is 4.75. The molecule has 0 bridgehead atoms. The smallest absolute Gasteiger partial charge is 0.312 e. The predicted molar refractivity (Wildman–Crippen MR) is 127 cm³/mol. The SMILES string of the molecule is Cc1c(Cl)cccc1N1CCCn2c1nc1c2c(=O)n(CCc2ccccc2)c(=O)n1C. The van der Waals surface area contributed by atoms with Gasteiger partial charge in [-0.2, -0.15) is 4.98 Å². The third-order valence-electron chi connectivity index (χ3n) is 6.21. The molecule has 32 heavy (non-hydrogen) atoms. The Labute approximate surface area is 190 Å². The molecule has 1 aliphatic heterocycles. The van der Waals surface area contributed by atoms with Gasteiger partial charge in [-0.1, -0.05) is 48.0 Å². The zero-order valence-electron chi connectivity index (χ0n) is 18.1. The van der Waals surface area contributed by atoms with Crippen LogP contribution in [0.4, 0.5) is 11.6 Å². The quantitative estimate of drug-likeness (QED) is 0.477. The van der Waals surface area contributed by atoms with Gasteiger partial charge < -0.3 is 9.47 Å². The number of rotatable bonds is 4. The van der Waals surface area contributed by atoms with Crippen molar-refractivity contribution in [2.45, 2.75) is 32.9 Å². The highest BCUT2D eigenvalue weighted by Gasteiger charge is 2.27. The van der Waals surface area contributed by atoms with Crippen LogP contribution < -0.4 is 16.1 Å². The van der Waals surface area contributed by atoms with Crippen molar-refractivity contribution in [3.05, 3.63) is 85.5 Å². The Morgan fingerprint density at radius 3 is 2.59 bits per heavy atom. The van der Waals surface area contributed by atoms with Gasteiger partial charge in [0.1, 0.15) is 0 Å². The van der Waals surface area contributed by atoms with Crippen LogP contribution in [0.1, 0.15) is 17.5 Å². The molecule has 4 aromatic rings. The molecule has 164 valence electrons. The number of fused-ring (bicyclic) bond motifs is 3. The predicted octanol–water partition coefficient (Wildman–Crippen LogP) is 3.64. The molecule has 0 radical (unpaired) electrons. The van der Waals surface area contributed by atoms with Crippen LogP contribution in [0.25, 0.3) is 11.2 Å². The van der Waals surface area contributed by atoms with Gasteiger partial charge in [-0.05, 0) is 43.0 Å². The average Bonchev–Trinajstić information content (AvgIpc) is 3.20. The van der Waals surface area contributed by atoms with E-state index in [1.54, 1.807) is 7.05 Å². The van der Waals surface area contributed by atoms with Crippen molar-refractivity contribution in [1.29, 1.82) is 0 Å². The zero-order chi connectivity index (χ0) is 22.4. The monoisotopic (exact) mass is 449 g/mol. The van der Waals surface area contributed by atoms with Crippen molar-refractivity contribution < 1.29 is 0 Å². The lowest BCUT2D eigenvalue weighted by Crippen LogP contribution is -2.40. The van der Waals surface area contributed by atoms with E-state index in [-0.39, 0.29) is 11.2 Å². The molecule has 2 aromatic carbocycles. The third-order valence-corrected chi connectivity index (χ3v) is 6.62. The fraction of sp³-hybridized carbons (Fsp3) is 0.292. The van der Waals surface area contributed by atoms with Crippen molar-refractivity contribution in [2.75, 3.05) is 11.4 Å². The molecular formula is C24H24ClN5O2. The summed E-state index contributed by atoms with van der Waals surface area (Å²) in [6, 6.07) is 15.7. The second kappa shape index (κ2) is 7.98. The molecule has 3 heterocycles. The van der Waals surface area contributed by atoms with Gasteiger partial charge in [0, 0.05) is 37.4 Å². The molecular weight excluding hydrogens is 426 g/mol. The lowest BCUT2D eigenvalue weighted by Gasteiger charge is -2.30. The zero-order valence-corrected chi connectivity index (χ0v) is 18.8. The number of halogens is 1. The molecule has 0 aliphatic carbocycles. The summed E-state index contributed by atoms with van der Waals surface area (Å²) in [7, 11) is 1.68. The van der Waals surface area contributed by atoms with E-state index in [1.807, 2.05) is 60.0 Å². The number of anilines is 2. The van der Waals surface area contributed by atoms with E-state index in [9.17, 15) is 9.59 Å². The average molecular weight is 450 g/mol. The second-order valence-electron chi connectivity index (χ2n) is 8.16. The second-order valence-corrected chi connectivity index (χ2v) is 8.57. The number of nitrogens with zero attached hydrogens (tertiary/aromatic N) is 5. The maximum atomic E-state index is 13.5. The highest BCUT2D eigenvalue weighted by atomic mass is 35.5. The first-order chi connectivity index (χ1) is 15.5. The van der Waals surface area contributed by atoms with Crippen LogP contribution in [-0.2, 0) is 26.6 Å². The summed E-state index contributed by atoms with van der Waals surface area (Å²) in [6.45, 7) is 3.74. The summed E-state index contributed by atoms with van der Waals surface area (Å²) in [5, 5.41) is 0.686. The Bertz CT molecular complexity index is 1440. The summed E-state index contributed by atoms with van der Waals surface area (Å²) in [5.74, 6) is 0.671. The maximum absolute atomic E-state index is 13.5. The lowest BCUT2D eigenvalue weighted by molar-refractivity contribution is 0.584. The maximum Gasteiger partial charge on any atom is 0.332 e. The molecule has 7 nitrogen and oxygen atoms in total. The molecule has 0 fully saturated rings. The Kier molecular flexibility index (Phi) is 5.13. The molecule has 8 heteroatoms. The summed E-state index contributed by atoms with van der Waals surface area (Å²) in [6.07, 6.45) is 1.47. The van der Waals surface area contributed by atoms with Crippen LogP contribution in [0.3, 0.4) is 0 Å². The Hall–Kier alpha value is -3.32. The van der Waals surface area contributed by atoms with E-state index >= 15 is 0 Å². The van der Waals surface area contributed by atoms with E-state index < -0.39 is 0 Å². The number of aromatic nitrogens is 4. The molecule has 0 unspecified atom stereocenters. The number of aryl methyl sites for hydroxylation is 3. The fourth-order valence-electron chi connectivity index (χ4n) is 4.46. The standard InChI is InChI=1S/C24H24ClN5O2/c1-16-18(25)10-6-11-19(16)28-13-7-14-29-20-21(26-23(28)29)27(2)24(32)30(22(20)31)15-12-17-8-4-3-5-9-17/h3-6,8-11H,7,12-15H2,1-2H3. The normalized spacial score (nSPS) is 13.5. The lowest BCUT2D eigenvalue weighted by atomic mass is 10.1. The van der Waals surface area contributed by atoms with Crippen LogP contribution in [0.2, 0.25) is 5.02 Å². The molecule has 0 saturated heterocycles. The van der Waals surface area contributed by atoms with Crippen molar-refractivity contribution in [3.63, 3.8) is 0 Å². The van der Waals surface area contributed by atoms with E-state index in [4.69, 9.17) is 16.6 Å².